The maximum Gasteiger partial charge on any atom is 0.287 e. The van der Waals surface area contributed by atoms with E-state index in [2.05, 4.69) is 20.3 Å². The fourth-order valence-corrected chi connectivity index (χ4v) is 3.94. The largest absolute Gasteiger partial charge is 0.449 e. The lowest BCUT2D eigenvalue weighted by Gasteiger charge is -2.07. The topological polar surface area (TPSA) is 115 Å². The molecule has 0 aliphatic rings. The lowest BCUT2D eigenvalue weighted by atomic mass is 10.2. The first-order valence-corrected chi connectivity index (χ1v) is 10.2. The number of rotatable bonds is 5. The molecule has 8 nitrogen and oxygen atoms in total. The van der Waals surface area contributed by atoms with Gasteiger partial charge in [-0.15, -0.1) is 0 Å². The molecule has 0 aliphatic carbocycles. The van der Waals surface area contributed by atoms with Gasteiger partial charge in [-0.05, 0) is 36.8 Å². The highest BCUT2D eigenvalue weighted by Gasteiger charge is 2.20. The number of sulfone groups is 1. The molecule has 0 saturated heterocycles. The molecule has 29 heavy (non-hydrogen) atoms. The van der Waals surface area contributed by atoms with Gasteiger partial charge in [0, 0.05) is 24.3 Å². The molecule has 0 atom stereocenters. The summed E-state index contributed by atoms with van der Waals surface area (Å²) in [6.07, 6.45) is 5.88. The molecule has 1 N–H and O–H groups in total. The van der Waals surface area contributed by atoms with E-state index in [-0.39, 0.29) is 28.1 Å². The fourth-order valence-electron chi connectivity index (χ4n) is 2.74. The van der Waals surface area contributed by atoms with Crippen molar-refractivity contribution < 1.29 is 17.6 Å². The van der Waals surface area contributed by atoms with Gasteiger partial charge < -0.3 is 9.73 Å². The van der Waals surface area contributed by atoms with Crippen LogP contribution < -0.4 is 5.32 Å². The number of pyridine rings is 1. The lowest BCUT2D eigenvalue weighted by molar-refractivity contribution is 0.0925. The summed E-state index contributed by atoms with van der Waals surface area (Å²) in [6, 6.07) is 9.64. The van der Waals surface area contributed by atoms with Crippen molar-refractivity contribution in [3.05, 3.63) is 78.2 Å². The molecule has 0 spiro atoms. The van der Waals surface area contributed by atoms with Crippen LogP contribution in [0.3, 0.4) is 0 Å². The first-order chi connectivity index (χ1) is 13.9. The smallest absolute Gasteiger partial charge is 0.287 e. The summed E-state index contributed by atoms with van der Waals surface area (Å²) in [5.74, 6) is -0.182. The van der Waals surface area contributed by atoms with Gasteiger partial charge in [0.2, 0.25) is 9.84 Å². The Morgan fingerprint density at radius 1 is 1.07 bits per heavy atom. The molecule has 146 valence electrons. The van der Waals surface area contributed by atoms with E-state index in [0.29, 0.717) is 11.3 Å². The van der Waals surface area contributed by atoms with Gasteiger partial charge >= 0.3 is 0 Å². The van der Waals surface area contributed by atoms with Crippen LogP contribution in [0, 0.1) is 6.92 Å². The first kappa shape index (κ1) is 18.8. The van der Waals surface area contributed by atoms with Gasteiger partial charge in [-0.2, -0.15) is 0 Å². The monoisotopic (exact) mass is 408 g/mol. The second kappa shape index (κ2) is 7.44. The molecular formula is C20H16N4O4S. The van der Waals surface area contributed by atoms with Crippen LogP contribution in [0.25, 0.3) is 11.0 Å². The van der Waals surface area contributed by atoms with Gasteiger partial charge in [-0.25, -0.2) is 13.4 Å². The lowest BCUT2D eigenvalue weighted by Crippen LogP contribution is -2.22. The minimum Gasteiger partial charge on any atom is -0.449 e. The van der Waals surface area contributed by atoms with Crippen molar-refractivity contribution in [1.82, 2.24) is 20.3 Å². The third-order valence-electron chi connectivity index (χ3n) is 4.24. The Labute approximate surface area is 166 Å². The van der Waals surface area contributed by atoms with E-state index in [1.165, 1.54) is 24.5 Å². The number of hydrogen-bond donors (Lipinski definition) is 1. The van der Waals surface area contributed by atoms with E-state index in [1.807, 2.05) is 0 Å². The normalized spacial score (nSPS) is 11.5. The molecule has 0 unspecified atom stereocenters. The summed E-state index contributed by atoms with van der Waals surface area (Å²) in [6.45, 7) is 1.90. The van der Waals surface area contributed by atoms with E-state index in [0.717, 1.165) is 10.9 Å². The van der Waals surface area contributed by atoms with E-state index in [4.69, 9.17) is 4.42 Å². The summed E-state index contributed by atoms with van der Waals surface area (Å²) in [5, 5.41) is 3.44. The molecule has 9 heteroatoms. The minimum atomic E-state index is -3.75. The highest BCUT2D eigenvalue weighted by Crippen LogP contribution is 2.20. The molecule has 0 bridgehead atoms. The van der Waals surface area contributed by atoms with Gasteiger partial charge in [0.1, 0.15) is 0 Å². The van der Waals surface area contributed by atoms with Gasteiger partial charge in [-0.3, -0.25) is 14.8 Å². The van der Waals surface area contributed by atoms with Crippen molar-refractivity contribution in [2.75, 3.05) is 0 Å². The predicted molar refractivity (Wildman–Crippen MR) is 104 cm³/mol. The zero-order valence-electron chi connectivity index (χ0n) is 15.4. The standard InChI is InChI=1S/C20H16N4O4S/c1-13-9-22-12-19(24-13)29(26,27)16-4-2-14(3-5-16)10-23-20(25)17-8-15-6-7-21-11-18(15)28-17/h2-9,11-12H,10H2,1H3,(H,23,25). The number of nitrogens with one attached hydrogen (secondary N) is 1. The summed E-state index contributed by atoms with van der Waals surface area (Å²) in [4.78, 5) is 24.3. The Kier molecular flexibility index (Phi) is 4.81. The highest BCUT2D eigenvalue weighted by atomic mass is 32.2. The number of aryl methyl sites for hydroxylation is 1. The van der Waals surface area contributed by atoms with Crippen molar-refractivity contribution in [2.24, 2.45) is 0 Å². The number of hydrogen-bond acceptors (Lipinski definition) is 7. The Morgan fingerprint density at radius 3 is 2.59 bits per heavy atom. The third kappa shape index (κ3) is 3.85. The minimum absolute atomic E-state index is 0.0991. The highest BCUT2D eigenvalue weighted by molar-refractivity contribution is 7.91. The molecule has 3 aromatic heterocycles. The Balaban J connectivity index is 1.46. The Hall–Kier alpha value is -3.59. The molecule has 1 aromatic carbocycles. The van der Waals surface area contributed by atoms with Crippen LogP contribution in [0.5, 0.6) is 0 Å². The van der Waals surface area contributed by atoms with Crippen LogP contribution in [0.4, 0.5) is 0 Å². The molecular weight excluding hydrogens is 392 g/mol. The fraction of sp³-hybridized carbons (Fsp3) is 0.100. The van der Waals surface area contributed by atoms with E-state index >= 15 is 0 Å². The van der Waals surface area contributed by atoms with Crippen molar-refractivity contribution in [3.8, 4) is 0 Å². The number of nitrogens with zero attached hydrogens (tertiary/aromatic N) is 3. The summed E-state index contributed by atoms with van der Waals surface area (Å²) in [7, 11) is -3.75. The molecule has 1 amide bonds. The Morgan fingerprint density at radius 2 is 1.86 bits per heavy atom. The number of carbonyl (C=O) groups is 1. The van der Waals surface area contributed by atoms with Gasteiger partial charge in [0.25, 0.3) is 5.91 Å². The van der Waals surface area contributed by atoms with E-state index < -0.39 is 9.84 Å². The van der Waals surface area contributed by atoms with Gasteiger partial charge in [0.05, 0.1) is 23.0 Å². The number of benzene rings is 1. The zero-order chi connectivity index (χ0) is 20.4. The molecule has 0 radical (unpaired) electrons. The van der Waals surface area contributed by atoms with Gasteiger partial charge in [0.15, 0.2) is 16.4 Å². The number of amides is 1. The SMILES string of the molecule is Cc1cncc(S(=O)(=O)c2ccc(CNC(=O)c3cc4ccncc4o3)cc2)n1. The van der Waals surface area contributed by atoms with E-state index in [9.17, 15) is 13.2 Å². The average molecular weight is 408 g/mol. The molecule has 0 aliphatic heterocycles. The number of fused-ring (bicyclic) bond motifs is 1. The van der Waals surface area contributed by atoms with Crippen molar-refractivity contribution >= 4 is 26.7 Å². The van der Waals surface area contributed by atoms with E-state index in [1.54, 1.807) is 43.6 Å². The number of aromatic nitrogens is 3. The number of furan rings is 1. The number of carbonyl (C=O) groups excluding carboxylic acids is 1. The van der Waals surface area contributed by atoms with Crippen LogP contribution in [-0.2, 0) is 16.4 Å². The maximum absolute atomic E-state index is 12.6. The molecule has 3 heterocycles. The molecule has 0 saturated carbocycles. The quantitative estimate of drug-likeness (QED) is 0.540. The van der Waals surface area contributed by atoms with Crippen molar-refractivity contribution in [3.63, 3.8) is 0 Å². The van der Waals surface area contributed by atoms with Crippen LogP contribution in [0.15, 0.2) is 75.5 Å². The summed E-state index contributed by atoms with van der Waals surface area (Å²) >= 11 is 0. The molecule has 4 aromatic rings. The Bertz CT molecular complexity index is 1260. The maximum atomic E-state index is 12.6. The van der Waals surface area contributed by atoms with Crippen LogP contribution in [0.2, 0.25) is 0 Å². The zero-order valence-corrected chi connectivity index (χ0v) is 16.2. The summed E-state index contributed by atoms with van der Waals surface area (Å²) in [5.41, 5.74) is 1.80. The second-order valence-electron chi connectivity index (χ2n) is 6.35. The summed E-state index contributed by atoms with van der Waals surface area (Å²) < 4.78 is 30.8. The second-order valence-corrected chi connectivity index (χ2v) is 8.25. The third-order valence-corrected chi connectivity index (χ3v) is 5.88. The predicted octanol–water partition coefficient (Wildman–Crippen LogP) is 2.69. The molecule has 4 rings (SSSR count). The van der Waals surface area contributed by atoms with Crippen molar-refractivity contribution in [1.29, 1.82) is 0 Å². The van der Waals surface area contributed by atoms with Gasteiger partial charge in [-0.1, -0.05) is 12.1 Å². The van der Waals surface area contributed by atoms with Crippen LogP contribution >= 0.6 is 0 Å². The van der Waals surface area contributed by atoms with Crippen molar-refractivity contribution in [2.45, 2.75) is 23.4 Å². The first-order valence-electron chi connectivity index (χ1n) is 8.68. The van der Waals surface area contributed by atoms with Crippen LogP contribution in [0.1, 0.15) is 21.8 Å². The molecule has 0 fully saturated rings. The average Bonchev–Trinajstić information content (AvgIpc) is 3.17. The van der Waals surface area contributed by atoms with Crippen LogP contribution in [-0.4, -0.2) is 29.3 Å².